The van der Waals surface area contributed by atoms with Gasteiger partial charge in [0.2, 0.25) is 0 Å². The van der Waals surface area contributed by atoms with E-state index < -0.39 is 8.24 Å². The third-order valence-electron chi connectivity index (χ3n) is 3.62. The van der Waals surface area contributed by atoms with E-state index >= 15 is 0 Å². The third-order valence-corrected chi connectivity index (χ3v) is 7.35. The molecule has 1 N–H and O–H groups in total. The Morgan fingerprint density at radius 2 is 1.73 bits per heavy atom. The Morgan fingerprint density at radius 1 is 1.07 bits per heavy atom. The van der Waals surface area contributed by atoms with Gasteiger partial charge in [0.05, 0.1) is 0 Å². The number of hydrogen-bond acceptors (Lipinski definition) is 2. The first-order valence-electron chi connectivity index (χ1n) is 6.62. The molecule has 1 saturated heterocycles. The van der Waals surface area contributed by atoms with Crippen molar-refractivity contribution in [3.05, 3.63) is 0 Å². The number of hydrogen-bond donors (Lipinski definition) is 1. The maximum absolute atomic E-state index is 3.44. The van der Waals surface area contributed by atoms with Crippen molar-refractivity contribution < 1.29 is 0 Å². The normalized spacial score (nSPS) is 19.4. The minimum atomic E-state index is -1.06. The largest absolute Gasteiger partial charge is 0.321 e. The van der Waals surface area contributed by atoms with E-state index in [1.54, 1.807) is 0 Å². The summed E-state index contributed by atoms with van der Waals surface area (Å²) in [6.45, 7) is 12.4. The zero-order valence-corrected chi connectivity index (χ0v) is 11.8. The fourth-order valence-electron chi connectivity index (χ4n) is 2.41. The van der Waals surface area contributed by atoms with Crippen molar-refractivity contribution in [2.24, 2.45) is 0 Å². The van der Waals surface area contributed by atoms with Gasteiger partial charge in [0.1, 0.15) is 8.24 Å². The number of rotatable bonds is 6. The molecule has 0 bridgehead atoms. The van der Waals surface area contributed by atoms with Gasteiger partial charge in [-0.05, 0) is 6.04 Å². The lowest BCUT2D eigenvalue weighted by molar-refractivity contribution is 0.357. The molecule has 0 aromatic rings. The molecular weight excluding hydrogens is 200 g/mol. The lowest BCUT2D eigenvalue weighted by Gasteiger charge is -2.40. The number of nitrogens with zero attached hydrogens (tertiary/aromatic N) is 1. The third kappa shape index (κ3) is 4.66. The zero-order chi connectivity index (χ0) is 11.1. The van der Waals surface area contributed by atoms with E-state index in [4.69, 9.17) is 0 Å². The molecular formula is C12H28N2Si. The highest BCUT2D eigenvalue weighted by Gasteiger charge is 2.29. The number of piperazine rings is 1. The highest BCUT2D eigenvalue weighted by Crippen LogP contribution is 2.19. The van der Waals surface area contributed by atoms with Crippen LogP contribution in [-0.4, -0.2) is 39.0 Å². The van der Waals surface area contributed by atoms with E-state index in [-0.39, 0.29) is 0 Å². The van der Waals surface area contributed by atoms with Gasteiger partial charge in [-0.25, -0.2) is 0 Å². The van der Waals surface area contributed by atoms with Crippen LogP contribution in [0.1, 0.15) is 32.6 Å². The van der Waals surface area contributed by atoms with Gasteiger partial charge >= 0.3 is 0 Å². The Morgan fingerprint density at radius 3 is 2.33 bits per heavy atom. The molecule has 0 spiro atoms. The minimum absolute atomic E-state index is 1.06. The zero-order valence-electron chi connectivity index (χ0n) is 10.8. The highest BCUT2D eigenvalue weighted by atomic mass is 28.3. The molecule has 1 aliphatic rings. The summed E-state index contributed by atoms with van der Waals surface area (Å²) in [6, 6.07) is 1.49. The molecule has 0 unspecified atom stereocenters. The van der Waals surface area contributed by atoms with Gasteiger partial charge in [-0.15, -0.1) is 0 Å². The second kappa shape index (κ2) is 6.66. The van der Waals surface area contributed by atoms with Gasteiger partial charge in [-0.1, -0.05) is 45.7 Å². The van der Waals surface area contributed by atoms with Gasteiger partial charge in [0, 0.05) is 26.2 Å². The van der Waals surface area contributed by atoms with Crippen molar-refractivity contribution >= 4 is 8.24 Å². The SMILES string of the molecule is CCCCCC[Si](C)(C)N1CCNCC1. The topological polar surface area (TPSA) is 15.3 Å². The summed E-state index contributed by atoms with van der Waals surface area (Å²) in [5.41, 5.74) is 0. The van der Waals surface area contributed by atoms with Crippen LogP contribution in [0, 0.1) is 0 Å². The Balaban J connectivity index is 2.23. The summed E-state index contributed by atoms with van der Waals surface area (Å²) in [7, 11) is -1.06. The molecule has 1 rings (SSSR count). The fourth-order valence-corrected chi connectivity index (χ4v) is 5.28. The van der Waals surface area contributed by atoms with Gasteiger partial charge in [-0.2, -0.15) is 0 Å². The van der Waals surface area contributed by atoms with E-state index in [0.717, 1.165) is 0 Å². The fraction of sp³-hybridized carbons (Fsp3) is 1.00. The summed E-state index contributed by atoms with van der Waals surface area (Å²) in [5.74, 6) is 0. The van der Waals surface area contributed by atoms with Crippen LogP contribution in [-0.2, 0) is 0 Å². The van der Waals surface area contributed by atoms with E-state index in [2.05, 4.69) is 29.9 Å². The molecule has 0 radical (unpaired) electrons. The summed E-state index contributed by atoms with van der Waals surface area (Å²) >= 11 is 0. The van der Waals surface area contributed by atoms with Crippen molar-refractivity contribution in [1.29, 1.82) is 0 Å². The van der Waals surface area contributed by atoms with Crippen molar-refractivity contribution in [2.75, 3.05) is 26.2 Å². The summed E-state index contributed by atoms with van der Waals surface area (Å²) in [5, 5.41) is 3.44. The molecule has 0 aliphatic carbocycles. The van der Waals surface area contributed by atoms with E-state index in [9.17, 15) is 0 Å². The van der Waals surface area contributed by atoms with Crippen LogP contribution < -0.4 is 5.32 Å². The highest BCUT2D eigenvalue weighted by molar-refractivity contribution is 6.74. The molecule has 2 nitrogen and oxygen atoms in total. The summed E-state index contributed by atoms with van der Waals surface area (Å²) < 4.78 is 2.79. The Hall–Kier alpha value is 0.137. The Bertz CT molecular complexity index is 165. The summed E-state index contributed by atoms with van der Waals surface area (Å²) in [4.78, 5) is 0. The van der Waals surface area contributed by atoms with Crippen molar-refractivity contribution in [1.82, 2.24) is 9.88 Å². The number of nitrogens with one attached hydrogen (secondary N) is 1. The minimum Gasteiger partial charge on any atom is -0.321 e. The predicted octanol–water partition coefficient (Wildman–Crippen LogP) is 2.68. The van der Waals surface area contributed by atoms with Crippen molar-refractivity contribution in [3.63, 3.8) is 0 Å². The Kier molecular flexibility index (Phi) is 5.86. The molecule has 1 heterocycles. The van der Waals surface area contributed by atoms with Crippen molar-refractivity contribution in [2.45, 2.75) is 51.7 Å². The van der Waals surface area contributed by atoms with Crippen LogP contribution in [0.25, 0.3) is 0 Å². The second-order valence-electron chi connectivity index (χ2n) is 5.36. The molecule has 0 amide bonds. The first-order chi connectivity index (χ1) is 7.17. The van der Waals surface area contributed by atoms with Crippen LogP contribution in [0.15, 0.2) is 0 Å². The van der Waals surface area contributed by atoms with Crippen LogP contribution >= 0.6 is 0 Å². The maximum atomic E-state index is 3.44. The molecule has 0 aromatic heterocycles. The monoisotopic (exact) mass is 228 g/mol. The predicted molar refractivity (Wildman–Crippen MR) is 70.9 cm³/mol. The molecule has 3 heteroatoms. The standard InChI is InChI=1S/C12H28N2Si/c1-4-5-6-7-12-15(2,3)14-10-8-13-9-11-14/h13H,4-12H2,1-3H3. The molecule has 0 saturated carbocycles. The van der Waals surface area contributed by atoms with E-state index in [0.29, 0.717) is 0 Å². The smallest absolute Gasteiger partial charge is 0.122 e. The van der Waals surface area contributed by atoms with Crippen LogP contribution in [0.5, 0.6) is 0 Å². The van der Waals surface area contributed by atoms with Gasteiger partial charge in [0.25, 0.3) is 0 Å². The number of unbranched alkanes of at least 4 members (excludes halogenated alkanes) is 3. The molecule has 1 aliphatic heterocycles. The van der Waals surface area contributed by atoms with Gasteiger partial charge in [0.15, 0.2) is 0 Å². The molecule has 1 fully saturated rings. The van der Waals surface area contributed by atoms with Crippen LogP contribution in [0.2, 0.25) is 19.1 Å². The molecule has 0 aromatic carbocycles. The molecule has 15 heavy (non-hydrogen) atoms. The van der Waals surface area contributed by atoms with Gasteiger partial charge in [-0.3, -0.25) is 0 Å². The van der Waals surface area contributed by atoms with Crippen molar-refractivity contribution in [3.8, 4) is 0 Å². The second-order valence-corrected chi connectivity index (χ2v) is 10.1. The first kappa shape index (κ1) is 13.2. The van der Waals surface area contributed by atoms with Crippen LogP contribution in [0.4, 0.5) is 0 Å². The van der Waals surface area contributed by atoms with Crippen LogP contribution in [0.3, 0.4) is 0 Å². The van der Waals surface area contributed by atoms with Gasteiger partial charge < -0.3 is 9.88 Å². The van der Waals surface area contributed by atoms with E-state index in [1.165, 1.54) is 57.9 Å². The Labute approximate surface area is 96.5 Å². The average molecular weight is 228 g/mol. The molecule has 0 atom stereocenters. The lowest BCUT2D eigenvalue weighted by Crippen LogP contribution is -2.56. The molecule has 90 valence electrons. The first-order valence-corrected chi connectivity index (χ1v) is 9.78. The summed E-state index contributed by atoms with van der Waals surface area (Å²) in [6.07, 6.45) is 5.68. The average Bonchev–Trinajstić information content (AvgIpc) is 2.26. The van der Waals surface area contributed by atoms with E-state index in [1.807, 2.05) is 0 Å². The lowest BCUT2D eigenvalue weighted by atomic mass is 10.2. The quantitative estimate of drug-likeness (QED) is 0.555. The maximum Gasteiger partial charge on any atom is 0.122 e.